The fourth-order valence-corrected chi connectivity index (χ4v) is 12.8. The summed E-state index contributed by atoms with van der Waals surface area (Å²) >= 11 is 0. The monoisotopic (exact) mass is 1370 g/mol. The average Bonchev–Trinajstić information content (AvgIpc) is 1.40. The van der Waals surface area contributed by atoms with E-state index in [2.05, 4.69) is 48.5 Å². The molecule has 0 aromatic rings. The summed E-state index contributed by atoms with van der Waals surface area (Å²) in [6.45, 7) is 11.8. The van der Waals surface area contributed by atoms with Gasteiger partial charge in [-0.3, -0.25) is 37.3 Å². The molecule has 0 saturated heterocycles. The zero-order chi connectivity index (χ0) is 68.7. The Morgan fingerprint density at radius 2 is 0.495 bits per heavy atom. The average molecular weight is 1370 g/mol. The number of hydrogen-bond donors (Lipinski definition) is 3. The molecule has 0 aliphatic rings. The second-order valence-corrected chi connectivity index (χ2v) is 31.0. The van der Waals surface area contributed by atoms with Crippen LogP contribution in [-0.2, 0) is 65.4 Å². The van der Waals surface area contributed by atoms with Gasteiger partial charge < -0.3 is 33.8 Å². The van der Waals surface area contributed by atoms with E-state index < -0.39 is 97.5 Å². The number of phosphoric acid groups is 2. The van der Waals surface area contributed by atoms with Gasteiger partial charge in [-0.25, -0.2) is 9.13 Å². The van der Waals surface area contributed by atoms with Crippen molar-refractivity contribution in [1.29, 1.82) is 0 Å². The van der Waals surface area contributed by atoms with E-state index in [0.29, 0.717) is 31.6 Å². The van der Waals surface area contributed by atoms with Gasteiger partial charge in [0.1, 0.15) is 19.3 Å². The lowest BCUT2D eigenvalue weighted by atomic mass is 10.0. The van der Waals surface area contributed by atoms with Crippen LogP contribution in [0, 0.1) is 17.8 Å². The number of carbonyl (C=O) groups is 4. The predicted molar refractivity (Wildman–Crippen MR) is 377 cm³/mol. The Balaban J connectivity index is 5.24. The van der Waals surface area contributed by atoms with E-state index in [9.17, 15) is 43.2 Å². The lowest BCUT2D eigenvalue weighted by Gasteiger charge is -2.21. The van der Waals surface area contributed by atoms with Crippen LogP contribution in [-0.4, -0.2) is 96.7 Å². The van der Waals surface area contributed by atoms with Gasteiger partial charge in [-0.2, -0.15) is 0 Å². The molecule has 93 heavy (non-hydrogen) atoms. The summed E-state index contributed by atoms with van der Waals surface area (Å²) in [6, 6.07) is 0. The molecule has 0 radical (unpaired) electrons. The van der Waals surface area contributed by atoms with Crippen LogP contribution >= 0.6 is 15.6 Å². The highest BCUT2D eigenvalue weighted by Gasteiger charge is 2.30. The van der Waals surface area contributed by atoms with Gasteiger partial charge >= 0.3 is 39.5 Å². The van der Waals surface area contributed by atoms with Crippen molar-refractivity contribution < 1.29 is 80.2 Å². The van der Waals surface area contributed by atoms with Gasteiger partial charge in [0.2, 0.25) is 0 Å². The Morgan fingerprint density at radius 3 is 0.731 bits per heavy atom. The molecule has 0 heterocycles. The maximum absolute atomic E-state index is 13.1. The number of carbonyl (C=O) groups excluding carboxylic acids is 4. The molecule has 5 atom stereocenters. The lowest BCUT2D eigenvalue weighted by Crippen LogP contribution is -2.30. The van der Waals surface area contributed by atoms with Gasteiger partial charge in [-0.15, -0.1) is 0 Å². The summed E-state index contributed by atoms with van der Waals surface area (Å²) in [5.41, 5.74) is 0. The minimum absolute atomic E-state index is 0.104. The van der Waals surface area contributed by atoms with E-state index in [1.165, 1.54) is 180 Å². The van der Waals surface area contributed by atoms with Gasteiger partial charge in [0, 0.05) is 25.7 Å². The summed E-state index contributed by atoms with van der Waals surface area (Å²) in [5.74, 6) is 0.0887. The van der Waals surface area contributed by atoms with Gasteiger partial charge in [-0.05, 0) is 43.4 Å². The molecule has 0 aliphatic carbocycles. The van der Waals surface area contributed by atoms with E-state index in [-0.39, 0.29) is 25.7 Å². The lowest BCUT2D eigenvalue weighted by molar-refractivity contribution is -0.161. The Morgan fingerprint density at radius 1 is 0.290 bits per heavy atom. The topological polar surface area (TPSA) is 237 Å². The quantitative estimate of drug-likeness (QED) is 0.0222. The molecule has 19 heteroatoms. The minimum atomic E-state index is -4.96. The summed E-state index contributed by atoms with van der Waals surface area (Å²) in [6.07, 6.45) is 50.1. The van der Waals surface area contributed by atoms with E-state index in [1.807, 2.05) is 0 Å². The minimum Gasteiger partial charge on any atom is -0.462 e. The van der Waals surface area contributed by atoms with Crippen LogP contribution in [0.4, 0.5) is 0 Å². The van der Waals surface area contributed by atoms with Crippen LogP contribution in [0.15, 0.2) is 0 Å². The Hall–Kier alpha value is -1.94. The maximum Gasteiger partial charge on any atom is 0.472 e. The van der Waals surface area contributed by atoms with E-state index in [0.717, 1.165) is 108 Å². The fourth-order valence-electron chi connectivity index (χ4n) is 11.2. The Bertz CT molecular complexity index is 1820. The third kappa shape index (κ3) is 68.4. The molecule has 0 fully saturated rings. The van der Waals surface area contributed by atoms with Crippen molar-refractivity contribution in [2.45, 2.75) is 394 Å². The third-order valence-electron chi connectivity index (χ3n) is 17.1. The Labute approximate surface area is 568 Å². The smallest absolute Gasteiger partial charge is 0.462 e. The highest BCUT2D eigenvalue weighted by molar-refractivity contribution is 7.47. The maximum atomic E-state index is 13.1. The first kappa shape index (κ1) is 91.1. The molecule has 2 unspecified atom stereocenters. The summed E-state index contributed by atoms with van der Waals surface area (Å²) in [7, 11) is -9.91. The van der Waals surface area contributed by atoms with Crippen molar-refractivity contribution in [3.05, 3.63) is 0 Å². The summed E-state index contributed by atoms with van der Waals surface area (Å²) < 4.78 is 68.4. The van der Waals surface area contributed by atoms with E-state index in [4.69, 9.17) is 37.0 Å². The largest absolute Gasteiger partial charge is 0.472 e. The third-order valence-corrected chi connectivity index (χ3v) is 19.0. The summed E-state index contributed by atoms with van der Waals surface area (Å²) in [4.78, 5) is 72.7. The van der Waals surface area contributed by atoms with Gasteiger partial charge in [-0.1, -0.05) is 325 Å². The van der Waals surface area contributed by atoms with Crippen molar-refractivity contribution >= 4 is 39.5 Å². The fraction of sp³-hybridized carbons (Fsp3) is 0.946. The highest BCUT2D eigenvalue weighted by atomic mass is 31.2. The van der Waals surface area contributed by atoms with Crippen LogP contribution in [0.3, 0.4) is 0 Å². The van der Waals surface area contributed by atoms with Crippen molar-refractivity contribution in [2.24, 2.45) is 17.8 Å². The first-order chi connectivity index (χ1) is 44.7. The highest BCUT2D eigenvalue weighted by Crippen LogP contribution is 2.45. The van der Waals surface area contributed by atoms with Gasteiger partial charge in [0.25, 0.3) is 0 Å². The standard InChI is InChI=1S/C74H144O17P2/c1-8-9-10-11-12-13-14-15-16-20-23-28-33-41-48-55-71(76)84-61-69(90-73(78)57-50-43-34-29-24-21-18-17-19-22-26-31-38-45-52-65(2)3)63-88-92(80,81)86-59-68(75)60-87-93(82,83)89-64-70(62-85-72(77)56-49-42-37-36-40-47-54-67(6)7)91-74(79)58-51-44-35-30-25-27-32-39-46-53-66(4)5/h65-70,75H,8-64H2,1-7H3,(H,80,81)(H,82,83)/t68-,69-,70-/m1/s1. The number of ether oxygens (including phenoxy) is 4. The molecular weight excluding hydrogens is 1220 g/mol. The second kappa shape index (κ2) is 64.7. The van der Waals surface area contributed by atoms with E-state index in [1.54, 1.807) is 0 Å². The molecule has 0 saturated carbocycles. The number of aliphatic hydroxyl groups excluding tert-OH is 1. The molecular formula is C74H144O17P2. The number of phosphoric ester groups is 2. The molecule has 552 valence electrons. The molecule has 0 amide bonds. The summed E-state index contributed by atoms with van der Waals surface area (Å²) in [5, 5.41) is 10.6. The van der Waals surface area contributed by atoms with Crippen LogP contribution in [0.1, 0.15) is 376 Å². The first-order valence-corrected chi connectivity index (χ1v) is 41.3. The molecule has 0 spiro atoms. The SMILES string of the molecule is CCCCCCCCCCCCCCCCCC(=O)OC[C@H](COP(=O)(O)OC[C@@H](O)COP(=O)(O)OC[C@@H](COC(=O)CCCCCCCCC(C)C)OC(=O)CCCCCCCCCCCC(C)C)OC(=O)CCCCCCCCCCCCCCCCC(C)C. The molecule has 0 rings (SSSR count). The van der Waals surface area contributed by atoms with Crippen LogP contribution < -0.4 is 0 Å². The zero-order valence-corrected chi connectivity index (χ0v) is 62.5. The number of aliphatic hydroxyl groups is 1. The van der Waals surface area contributed by atoms with Crippen LogP contribution in [0.2, 0.25) is 0 Å². The first-order valence-electron chi connectivity index (χ1n) is 38.3. The molecule has 0 aliphatic heterocycles. The number of esters is 4. The van der Waals surface area contributed by atoms with Crippen LogP contribution in [0.25, 0.3) is 0 Å². The van der Waals surface area contributed by atoms with Crippen LogP contribution in [0.5, 0.6) is 0 Å². The second-order valence-electron chi connectivity index (χ2n) is 28.1. The van der Waals surface area contributed by atoms with E-state index >= 15 is 0 Å². The zero-order valence-electron chi connectivity index (χ0n) is 60.7. The van der Waals surface area contributed by atoms with Crippen molar-refractivity contribution in [3.8, 4) is 0 Å². The van der Waals surface area contributed by atoms with Crippen molar-refractivity contribution in [2.75, 3.05) is 39.6 Å². The predicted octanol–water partition coefficient (Wildman–Crippen LogP) is 21.4. The number of hydrogen-bond acceptors (Lipinski definition) is 15. The van der Waals surface area contributed by atoms with Crippen molar-refractivity contribution in [1.82, 2.24) is 0 Å². The Kier molecular flexibility index (Phi) is 63.4. The van der Waals surface area contributed by atoms with Crippen molar-refractivity contribution in [3.63, 3.8) is 0 Å². The number of rotatable bonds is 72. The normalized spacial score (nSPS) is 14.1. The molecule has 0 bridgehead atoms. The number of unbranched alkanes of at least 4 members (excludes halogenated alkanes) is 40. The molecule has 17 nitrogen and oxygen atoms in total. The molecule has 0 aromatic heterocycles. The van der Waals surface area contributed by atoms with Gasteiger partial charge in [0.05, 0.1) is 26.4 Å². The molecule has 0 aromatic carbocycles. The molecule has 3 N–H and O–H groups in total. The van der Waals surface area contributed by atoms with Gasteiger partial charge in [0.15, 0.2) is 12.2 Å².